The number of aliphatic hydroxyl groups excluding tert-OH is 1. The maximum absolute atomic E-state index is 14.7. The smallest absolute Gasteiger partial charge is 0.129 e. The molecule has 1 aromatic heterocycles. The van der Waals surface area contributed by atoms with Crippen molar-refractivity contribution in [2.24, 2.45) is 11.8 Å². The molecule has 140 valence electrons. The number of imidazole rings is 1. The van der Waals surface area contributed by atoms with Crippen LogP contribution in [-0.4, -0.2) is 31.5 Å². The van der Waals surface area contributed by atoms with Gasteiger partial charge in [-0.1, -0.05) is 17.7 Å². The molecule has 2 heterocycles. The summed E-state index contributed by atoms with van der Waals surface area (Å²) in [4.78, 5) is 4.24. The third-order valence-electron chi connectivity index (χ3n) is 7.31. The lowest BCUT2D eigenvalue weighted by atomic mass is 9.55. The van der Waals surface area contributed by atoms with Crippen LogP contribution in [0.2, 0.25) is 0 Å². The predicted octanol–water partition coefficient (Wildman–Crippen LogP) is 3.59. The van der Waals surface area contributed by atoms with Crippen LogP contribution < -0.4 is 0 Å². The zero-order valence-electron chi connectivity index (χ0n) is 15.1. The molecule has 2 fully saturated rings. The summed E-state index contributed by atoms with van der Waals surface area (Å²) in [6.07, 6.45) is 7.84. The lowest BCUT2D eigenvalue weighted by Gasteiger charge is -2.53. The predicted molar refractivity (Wildman–Crippen MR) is 98.4 cm³/mol. The molecular weight excluding hydrogens is 343 g/mol. The van der Waals surface area contributed by atoms with Crippen molar-refractivity contribution in [1.29, 1.82) is 0 Å². The van der Waals surface area contributed by atoms with E-state index < -0.39 is 11.7 Å². The number of aromatic nitrogens is 2. The number of rotatable bonds is 3. The number of hydrogen-bond donors (Lipinski definition) is 2. The Morgan fingerprint density at radius 1 is 1.33 bits per heavy atom. The van der Waals surface area contributed by atoms with E-state index in [-0.39, 0.29) is 17.8 Å². The van der Waals surface area contributed by atoms with E-state index in [2.05, 4.69) is 4.98 Å². The van der Waals surface area contributed by atoms with Crippen molar-refractivity contribution < 1.29 is 14.6 Å². The standard InChI is InChI=1S/C22H23FN2O2/c23-16-3-1-2-15-18-10-24-11-25(18)17(21(15)16)6-19(26)20-13-4-12-5-14(20)9-22(27,7-12)8-13/h1-3,10-13,17,19,26-27H,4-9H2. The largest absolute Gasteiger partial charge is 0.390 e. The molecule has 4 nitrogen and oxygen atoms in total. The van der Waals surface area contributed by atoms with E-state index in [0.29, 0.717) is 24.3 Å². The molecule has 0 saturated heterocycles. The Hall–Kier alpha value is -1.98. The second-order valence-electron chi connectivity index (χ2n) is 9.03. The van der Waals surface area contributed by atoms with Crippen LogP contribution in [-0.2, 0) is 0 Å². The van der Waals surface area contributed by atoms with Crippen molar-refractivity contribution in [3.63, 3.8) is 0 Å². The van der Waals surface area contributed by atoms with Crippen molar-refractivity contribution in [3.05, 3.63) is 53.3 Å². The van der Waals surface area contributed by atoms with Gasteiger partial charge in [0.1, 0.15) is 5.82 Å². The van der Waals surface area contributed by atoms with Gasteiger partial charge in [0.05, 0.1) is 36.0 Å². The van der Waals surface area contributed by atoms with Crippen LogP contribution in [0.5, 0.6) is 0 Å². The first-order valence-corrected chi connectivity index (χ1v) is 9.95. The van der Waals surface area contributed by atoms with Crippen LogP contribution in [0.4, 0.5) is 4.39 Å². The minimum absolute atomic E-state index is 0.217. The summed E-state index contributed by atoms with van der Waals surface area (Å²) in [6.45, 7) is 0. The molecular formula is C22H23FN2O2. The Bertz CT molecular complexity index is 980. The molecule has 0 amide bonds. The van der Waals surface area contributed by atoms with Gasteiger partial charge in [-0.05, 0) is 55.6 Å². The Labute approximate surface area is 157 Å². The number of fused-ring (bicyclic) bond motifs is 3. The summed E-state index contributed by atoms with van der Waals surface area (Å²) < 4.78 is 16.6. The molecule has 5 aliphatic rings. The van der Waals surface area contributed by atoms with Crippen LogP contribution in [0.1, 0.15) is 50.1 Å². The molecule has 1 aromatic carbocycles. The van der Waals surface area contributed by atoms with Gasteiger partial charge in [-0.2, -0.15) is 0 Å². The summed E-state index contributed by atoms with van der Waals surface area (Å²) in [5, 5.41) is 22.0. The summed E-state index contributed by atoms with van der Waals surface area (Å²) in [5.74, 6) is 0.633. The summed E-state index contributed by atoms with van der Waals surface area (Å²) in [7, 11) is 0. The molecule has 0 spiro atoms. The second kappa shape index (κ2) is 5.30. The third-order valence-corrected chi connectivity index (χ3v) is 7.31. The Morgan fingerprint density at radius 2 is 2.22 bits per heavy atom. The minimum atomic E-state index is -0.598. The highest BCUT2D eigenvalue weighted by atomic mass is 19.1. The van der Waals surface area contributed by atoms with Crippen LogP contribution in [0.25, 0.3) is 11.3 Å². The van der Waals surface area contributed by atoms with E-state index >= 15 is 0 Å². The lowest BCUT2D eigenvalue weighted by Crippen LogP contribution is -2.49. The molecule has 5 unspecified atom stereocenters. The zero-order chi connectivity index (χ0) is 18.3. The first-order chi connectivity index (χ1) is 13.0. The zero-order valence-corrected chi connectivity index (χ0v) is 15.1. The molecule has 4 bridgehead atoms. The average molecular weight is 366 g/mol. The fourth-order valence-corrected chi connectivity index (χ4v) is 6.59. The number of nitrogens with zero attached hydrogens (tertiary/aromatic N) is 2. The van der Waals surface area contributed by atoms with Crippen molar-refractivity contribution in [1.82, 2.24) is 9.55 Å². The lowest BCUT2D eigenvalue weighted by molar-refractivity contribution is -0.0623. The fourth-order valence-electron chi connectivity index (χ4n) is 6.59. The number of halogens is 1. The van der Waals surface area contributed by atoms with Gasteiger partial charge >= 0.3 is 0 Å². The van der Waals surface area contributed by atoms with Gasteiger partial charge in [0, 0.05) is 17.5 Å². The summed E-state index contributed by atoms with van der Waals surface area (Å²) >= 11 is 0. The van der Waals surface area contributed by atoms with Gasteiger partial charge in [0.15, 0.2) is 0 Å². The number of hydrogen-bond acceptors (Lipinski definition) is 3. The SMILES string of the molecule is OC(CC1c2c(F)cccc2-c2cncn21)C1=C2CC3CC1CC(O)(C2)C3. The van der Waals surface area contributed by atoms with Crippen LogP contribution in [0, 0.1) is 17.7 Å². The van der Waals surface area contributed by atoms with E-state index in [0.717, 1.165) is 42.5 Å². The highest BCUT2D eigenvalue weighted by Gasteiger charge is 2.51. The maximum Gasteiger partial charge on any atom is 0.129 e. The van der Waals surface area contributed by atoms with Crippen molar-refractivity contribution >= 4 is 0 Å². The molecule has 0 radical (unpaired) electrons. The Balaban J connectivity index is 1.37. The van der Waals surface area contributed by atoms with E-state index in [1.54, 1.807) is 18.6 Å². The van der Waals surface area contributed by atoms with Gasteiger partial charge in [-0.25, -0.2) is 9.37 Å². The molecule has 27 heavy (non-hydrogen) atoms. The molecule has 7 rings (SSSR count). The minimum Gasteiger partial charge on any atom is -0.390 e. The third kappa shape index (κ3) is 2.18. The number of aliphatic hydroxyl groups is 2. The molecule has 2 N–H and O–H groups in total. The second-order valence-corrected chi connectivity index (χ2v) is 9.03. The van der Waals surface area contributed by atoms with E-state index in [1.165, 1.54) is 11.6 Å². The van der Waals surface area contributed by atoms with Crippen LogP contribution in [0.3, 0.4) is 0 Å². The Morgan fingerprint density at radius 3 is 3.04 bits per heavy atom. The first-order valence-electron chi connectivity index (χ1n) is 9.95. The molecule has 4 aliphatic carbocycles. The Kier molecular flexibility index (Phi) is 3.14. The van der Waals surface area contributed by atoms with Crippen molar-refractivity contribution in [2.75, 3.05) is 0 Å². The maximum atomic E-state index is 14.7. The highest BCUT2D eigenvalue weighted by molar-refractivity contribution is 5.69. The van der Waals surface area contributed by atoms with Gasteiger partial charge < -0.3 is 14.8 Å². The molecule has 2 saturated carbocycles. The van der Waals surface area contributed by atoms with Gasteiger partial charge in [-0.15, -0.1) is 0 Å². The van der Waals surface area contributed by atoms with Gasteiger partial charge in [0.25, 0.3) is 0 Å². The van der Waals surface area contributed by atoms with E-state index in [1.807, 2.05) is 10.6 Å². The molecule has 1 aliphatic heterocycles. The topological polar surface area (TPSA) is 58.3 Å². The highest BCUT2D eigenvalue weighted by Crippen LogP contribution is 2.57. The van der Waals surface area contributed by atoms with E-state index in [9.17, 15) is 14.6 Å². The quantitative estimate of drug-likeness (QED) is 0.816. The molecule has 5 heteroatoms. The monoisotopic (exact) mass is 366 g/mol. The van der Waals surface area contributed by atoms with Crippen LogP contribution in [0.15, 0.2) is 41.9 Å². The van der Waals surface area contributed by atoms with E-state index in [4.69, 9.17) is 0 Å². The van der Waals surface area contributed by atoms with Crippen LogP contribution >= 0.6 is 0 Å². The van der Waals surface area contributed by atoms with Gasteiger partial charge in [0.2, 0.25) is 0 Å². The summed E-state index contributed by atoms with van der Waals surface area (Å²) in [5.41, 5.74) is 4.32. The molecule has 2 aromatic rings. The van der Waals surface area contributed by atoms with Crippen molar-refractivity contribution in [2.45, 2.75) is 56.3 Å². The number of benzene rings is 1. The average Bonchev–Trinajstić information content (AvgIpc) is 3.16. The fraction of sp³-hybridized carbons (Fsp3) is 0.500. The summed E-state index contributed by atoms with van der Waals surface area (Å²) in [6, 6.07) is 4.92. The first kappa shape index (κ1) is 16.0. The normalized spacial score (nSPS) is 34.1. The molecule has 5 atom stereocenters. The van der Waals surface area contributed by atoms with Gasteiger partial charge in [-0.3, -0.25) is 0 Å². The van der Waals surface area contributed by atoms with Crippen molar-refractivity contribution in [3.8, 4) is 11.3 Å².